The Morgan fingerprint density at radius 2 is 1.05 bits per heavy atom. The third-order valence-electron chi connectivity index (χ3n) is 7.87. The van der Waals surface area contributed by atoms with Gasteiger partial charge >= 0.3 is 21.1 Å². The average Bonchev–Trinajstić information content (AvgIpc) is 2.93. The molecular formula is C34H38N4Pt. The fourth-order valence-electron chi connectivity index (χ4n) is 5.35. The summed E-state index contributed by atoms with van der Waals surface area (Å²) in [5, 5.41) is 0. The summed E-state index contributed by atoms with van der Waals surface area (Å²) in [6.45, 7) is 13.3. The van der Waals surface area contributed by atoms with Gasteiger partial charge in [0.25, 0.3) is 0 Å². The van der Waals surface area contributed by atoms with Gasteiger partial charge in [-0.05, 0) is 23.7 Å². The molecular weight excluding hydrogens is 659 g/mol. The molecule has 0 atom stereocenters. The zero-order valence-corrected chi connectivity index (χ0v) is 26.2. The van der Waals surface area contributed by atoms with Crippen molar-refractivity contribution in [2.45, 2.75) is 89.9 Å². The van der Waals surface area contributed by atoms with Crippen LogP contribution in [0.15, 0.2) is 61.2 Å². The summed E-state index contributed by atoms with van der Waals surface area (Å²) in [5.41, 5.74) is 7.96. The molecule has 0 aliphatic heterocycles. The number of rotatable bonds is 4. The van der Waals surface area contributed by atoms with E-state index in [9.17, 15) is 0 Å². The Labute approximate surface area is 248 Å². The maximum Gasteiger partial charge on any atom is 2.00 e. The van der Waals surface area contributed by atoms with Crippen molar-refractivity contribution in [3.63, 3.8) is 0 Å². The number of hydrogen-bond acceptors (Lipinski definition) is 4. The van der Waals surface area contributed by atoms with Crippen molar-refractivity contribution < 1.29 is 21.1 Å². The van der Waals surface area contributed by atoms with E-state index < -0.39 is 0 Å². The van der Waals surface area contributed by atoms with Crippen LogP contribution in [0.1, 0.15) is 96.2 Å². The van der Waals surface area contributed by atoms with Crippen molar-refractivity contribution in [2.24, 2.45) is 0 Å². The van der Waals surface area contributed by atoms with E-state index in [1.807, 2.05) is 24.8 Å². The topological polar surface area (TPSA) is 51.6 Å². The summed E-state index contributed by atoms with van der Waals surface area (Å²) >= 11 is 0. The predicted molar refractivity (Wildman–Crippen MR) is 154 cm³/mol. The quantitative estimate of drug-likeness (QED) is 0.203. The van der Waals surface area contributed by atoms with Crippen molar-refractivity contribution in [1.82, 2.24) is 19.9 Å². The first-order chi connectivity index (χ1) is 18.1. The molecule has 204 valence electrons. The monoisotopic (exact) mass is 697 g/mol. The predicted octanol–water partition coefficient (Wildman–Crippen LogP) is 8.04. The first-order valence-electron chi connectivity index (χ1n) is 13.8. The maximum absolute atomic E-state index is 5.18. The molecule has 1 aliphatic rings. The van der Waals surface area contributed by atoms with Gasteiger partial charge in [0.15, 0.2) is 0 Å². The molecule has 1 aliphatic carbocycles. The van der Waals surface area contributed by atoms with E-state index in [-0.39, 0.29) is 37.3 Å². The fraction of sp³-hybridized carbons (Fsp3) is 0.412. The van der Waals surface area contributed by atoms with Gasteiger partial charge in [-0.25, -0.2) is 0 Å². The number of hydrogen-bond donors (Lipinski definition) is 0. The van der Waals surface area contributed by atoms with Gasteiger partial charge in [0.05, 0.1) is 16.8 Å². The molecule has 0 amide bonds. The molecule has 4 aromatic rings. The minimum absolute atomic E-state index is 0. The van der Waals surface area contributed by atoms with Crippen LogP contribution in [-0.4, -0.2) is 19.9 Å². The molecule has 1 saturated carbocycles. The first kappa shape index (κ1) is 29.3. The number of nitrogens with zero attached hydrogens (tertiary/aromatic N) is 4. The van der Waals surface area contributed by atoms with Gasteiger partial charge in [0.1, 0.15) is 0 Å². The third-order valence-corrected chi connectivity index (χ3v) is 7.87. The van der Waals surface area contributed by atoms with Gasteiger partial charge < -0.3 is 0 Å². The van der Waals surface area contributed by atoms with Gasteiger partial charge in [-0.3, -0.25) is 19.9 Å². The van der Waals surface area contributed by atoms with Crippen LogP contribution >= 0.6 is 0 Å². The smallest absolute Gasteiger partial charge is 0.297 e. The number of aromatic nitrogens is 4. The summed E-state index contributed by atoms with van der Waals surface area (Å²) in [6.07, 6.45) is 13.0. The molecule has 2 aromatic carbocycles. The molecule has 5 rings (SSSR count). The van der Waals surface area contributed by atoms with E-state index in [2.05, 4.69) is 100 Å². The zero-order chi connectivity index (χ0) is 27.0. The molecule has 5 heteroatoms. The van der Waals surface area contributed by atoms with E-state index in [4.69, 9.17) is 9.97 Å². The van der Waals surface area contributed by atoms with E-state index in [0.717, 1.165) is 59.6 Å². The van der Waals surface area contributed by atoms with Crippen LogP contribution in [0.25, 0.3) is 22.5 Å². The Bertz CT molecular complexity index is 1290. The molecule has 0 spiro atoms. The van der Waals surface area contributed by atoms with Crippen molar-refractivity contribution in [3.05, 3.63) is 95.8 Å². The number of benzene rings is 2. The largest absolute Gasteiger partial charge is 2.00 e. The van der Waals surface area contributed by atoms with E-state index in [1.54, 1.807) is 0 Å². The van der Waals surface area contributed by atoms with E-state index in [1.165, 1.54) is 17.5 Å². The molecule has 39 heavy (non-hydrogen) atoms. The maximum atomic E-state index is 5.18. The Morgan fingerprint density at radius 1 is 0.615 bits per heavy atom. The minimum atomic E-state index is -0.305. The van der Waals surface area contributed by atoms with E-state index in [0.29, 0.717) is 0 Å². The Kier molecular flexibility index (Phi) is 8.57. The summed E-state index contributed by atoms with van der Waals surface area (Å²) in [7, 11) is 0. The zero-order valence-electron chi connectivity index (χ0n) is 23.9. The summed E-state index contributed by atoms with van der Waals surface area (Å²) in [6, 6.07) is 19.6. The fourth-order valence-corrected chi connectivity index (χ4v) is 5.35. The van der Waals surface area contributed by atoms with Crippen LogP contribution in [0.5, 0.6) is 0 Å². The summed E-state index contributed by atoms with van der Waals surface area (Å²) < 4.78 is 0. The summed E-state index contributed by atoms with van der Waals surface area (Å²) in [4.78, 5) is 19.7. The normalized spacial score (nSPS) is 15.4. The van der Waals surface area contributed by atoms with Gasteiger partial charge in [0, 0.05) is 36.2 Å². The van der Waals surface area contributed by atoms with Crippen LogP contribution in [0.3, 0.4) is 0 Å². The first-order valence-corrected chi connectivity index (χ1v) is 13.8. The Balaban J connectivity index is 0.00000353. The van der Waals surface area contributed by atoms with Crippen molar-refractivity contribution in [3.8, 4) is 22.5 Å². The molecule has 0 bridgehead atoms. The second-order valence-electron chi connectivity index (χ2n) is 12.7. The van der Waals surface area contributed by atoms with Crippen molar-refractivity contribution in [1.29, 1.82) is 0 Å². The molecule has 0 radical (unpaired) electrons. The Morgan fingerprint density at radius 3 is 1.41 bits per heavy atom. The van der Waals surface area contributed by atoms with Crippen LogP contribution in [0, 0.1) is 12.1 Å². The van der Waals surface area contributed by atoms with Crippen molar-refractivity contribution in [2.75, 3.05) is 0 Å². The average molecular weight is 698 g/mol. The van der Waals surface area contributed by atoms with E-state index >= 15 is 0 Å². The third kappa shape index (κ3) is 6.22. The van der Waals surface area contributed by atoms with Gasteiger partial charge in [-0.15, -0.1) is 70.8 Å². The molecule has 0 saturated heterocycles. The van der Waals surface area contributed by atoms with Crippen LogP contribution in [0.2, 0.25) is 0 Å². The molecule has 2 aromatic heterocycles. The SMILES string of the molecule is CC(C)(C)c1c[c-]c(-c2cncc(C3(c4cncc(-c5[c-]cc(C(C)(C)C)cc5)n4)CCCCC3)n2)cc1.[Pt+2]. The Hall–Kier alpha value is -2.71. The van der Waals surface area contributed by atoms with Crippen LogP contribution in [0.4, 0.5) is 0 Å². The second-order valence-corrected chi connectivity index (χ2v) is 12.7. The second kappa shape index (κ2) is 11.4. The molecule has 1 fully saturated rings. The molecule has 4 nitrogen and oxygen atoms in total. The van der Waals surface area contributed by atoms with Crippen molar-refractivity contribution >= 4 is 0 Å². The summed E-state index contributed by atoms with van der Waals surface area (Å²) in [5.74, 6) is 0. The van der Waals surface area contributed by atoms with Gasteiger partial charge in [-0.1, -0.05) is 60.8 Å². The standard InChI is InChI=1S/C34H38N4.Pt/c1-32(2,3)26-14-10-24(11-15-26)28-20-35-22-30(37-28)34(18-8-7-9-19-34)31-23-36-21-29(38-31)25-12-16-27(17-13-25)33(4,5)6;/h10,12,14-17,20-23H,7-9,18-19H2,1-6H3;/q-2;+2. The van der Waals surface area contributed by atoms with Gasteiger partial charge in [-0.2, -0.15) is 0 Å². The molecule has 0 unspecified atom stereocenters. The van der Waals surface area contributed by atoms with Crippen LogP contribution < -0.4 is 0 Å². The van der Waals surface area contributed by atoms with Gasteiger partial charge in [0.2, 0.25) is 0 Å². The minimum Gasteiger partial charge on any atom is -0.297 e. The molecule has 2 heterocycles. The molecule has 0 N–H and O–H groups in total. The van der Waals surface area contributed by atoms with Crippen LogP contribution in [-0.2, 0) is 37.3 Å².